The molecule has 1 aromatic carbocycles. The van der Waals surface area contributed by atoms with E-state index in [0.29, 0.717) is 5.82 Å². The molecule has 0 atom stereocenters. The van der Waals surface area contributed by atoms with Crippen LogP contribution in [0.5, 0.6) is 5.75 Å². The first-order chi connectivity index (χ1) is 7.97. The van der Waals surface area contributed by atoms with E-state index in [2.05, 4.69) is 14.7 Å². The van der Waals surface area contributed by atoms with Gasteiger partial charge < -0.3 is 10.1 Å². The third kappa shape index (κ3) is 2.56. The fourth-order valence-electron chi connectivity index (χ4n) is 1.31. The lowest BCUT2D eigenvalue weighted by Crippen LogP contribution is -2.13. The van der Waals surface area contributed by atoms with Gasteiger partial charge in [0.25, 0.3) is 10.0 Å². The fraction of sp³-hybridized carbons (Fsp3) is 0.100. The topological polar surface area (TPSA) is 95.1 Å². The monoisotopic (exact) mass is 253 g/mol. The van der Waals surface area contributed by atoms with Gasteiger partial charge in [0.2, 0.25) is 0 Å². The summed E-state index contributed by atoms with van der Waals surface area (Å²) in [5, 5.41) is 9.21. The van der Waals surface area contributed by atoms with Gasteiger partial charge in [-0.15, -0.1) is 0 Å². The van der Waals surface area contributed by atoms with Crippen LogP contribution in [0.15, 0.2) is 35.5 Å². The van der Waals surface area contributed by atoms with E-state index in [1.807, 2.05) is 0 Å². The number of aromatic hydroxyl groups is 1. The highest BCUT2D eigenvalue weighted by Crippen LogP contribution is 2.18. The van der Waals surface area contributed by atoms with Crippen molar-refractivity contribution in [1.29, 1.82) is 0 Å². The molecule has 0 spiro atoms. The van der Waals surface area contributed by atoms with Crippen LogP contribution < -0.4 is 4.72 Å². The van der Waals surface area contributed by atoms with E-state index in [0.717, 1.165) is 0 Å². The Morgan fingerprint density at radius 1 is 1.41 bits per heavy atom. The summed E-state index contributed by atoms with van der Waals surface area (Å²) in [6, 6.07) is 5.87. The lowest BCUT2D eigenvalue weighted by molar-refractivity contribution is 0.475. The second-order valence-corrected chi connectivity index (χ2v) is 5.14. The van der Waals surface area contributed by atoms with Gasteiger partial charge >= 0.3 is 0 Å². The molecule has 2 rings (SSSR count). The Labute approximate surface area is 98.4 Å². The van der Waals surface area contributed by atoms with Gasteiger partial charge in [-0.3, -0.25) is 4.72 Å². The second kappa shape index (κ2) is 4.10. The number of hydrogen-bond acceptors (Lipinski definition) is 4. The van der Waals surface area contributed by atoms with Crippen LogP contribution in [0, 0.1) is 6.92 Å². The Hall–Kier alpha value is -2.02. The van der Waals surface area contributed by atoms with Crippen LogP contribution in [0.3, 0.4) is 0 Å². The molecule has 0 saturated heterocycles. The van der Waals surface area contributed by atoms with E-state index in [1.165, 1.54) is 18.3 Å². The molecule has 1 aromatic heterocycles. The minimum atomic E-state index is -3.69. The van der Waals surface area contributed by atoms with Crippen molar-refractivity contribution >= 4 is 15.7 Å². The maximum Gasteiger partial charge on any atom is 0.278 e. The number of hydrogen-bond donors (Lipinski definition) is 3. The zero-order valence-corrected chi connectivity index (χ0v) is 9.82. The normalized spacial score (nSPS) is 11.4. The summed E-state index contributed by atoms with van der Waals surface area (Å²) in [5.41, 5.74) is 0.289. The van der Waals surface area contributed by atoms with Crippen LogP contribution in [0.4, 0.5) is 5.69 Å². The van der Waals surface area contributed by atoms with E-state index >= 15 is 0 Å². The third-order valence-corrected chi connectivity index (χ3v) is 3.36. The lowest BCUT2D eigenvalue weighted by atomic mass is 10.3. The molecule has 0 fully saturated rings. The summed E-state index contributed by atoms with van der Waals surface area (Å²) < 4.78 is 26.1. The molecule has 7 heteroatoms. The van der Waals surface area contributed by atoms with E-state index in [4.69, 9.17) is 0 Å². The summed E-state index contributed by atoms with van der Waals surface area (Å²) in [5.74, 6) is 0.507. The van der Waals surface area contributed by atoms with E-state index in [9.17, 15) is 13.5 Å². The Morgan fingerprint density at radius 3 is 2.76 bits per heavy atom. The molecule has 0 bridgehead atoms. The lowest BCUT2D eigenvalue weighted by Gasteiger charge is -2.05. The summed E-state index contributed by atoms with van der Waals surface area (Å²) in [4.78, 5) is 6.45. The molecule has 3 N–H and O–H groups in total. The quantitative estimate of drug-likeness (QED) is 0.766. The zero-order valence-electron chi connectivity index (χ0n) is 9.01. The highest BCUT2D eigenvalue weighted by molar-refractivity contribution is 7.92. The molecule has 1 heterocycles. The van der Waals surface area contributed by atoms with Gasteiger partial charge in [0.15, 0.2) is 5.03 Å². The second-order valence-electron chi connectivity index (χ2n) is 3.49. The number of imidazole rings is 1. The first kappa shape index (κ1) is 11.5. The molecule has 0 amide bonds. The number of aromatic nitrogens is 2. The SMILES string of the molecule is Cc1ncc(S(=O)(=O)Nc2cccc(O)c2)[nH]1. The minimum absolute atomic E-state index is 0.00834. The highest BCUT2D eigenvalue weighted by atomic mass is 32.2. The standard InChI is InChI=1S/C10H11N3O3S/c1-7-11-6-10(12-7)17(15,16)13-8-3-2-4-9(14)5-8/h2-6,13-14H,1H3,(H,11,12). The fourth-order valence-corrected chi connectivity index (χ4v) is 2.34. The van der Waals surface area contributed by atoms with Crippen LogP contribution >= 0.6 is 0 Å². The summed E-state index contributed by atoms with van der Waals surface area (Å²) in [6.45, 7) is 1.66. The van der Waals surface area contributed by atoms with Crippen LogP contribution in [0.25, 0.3) is 0 Å². The van der Waals surface area contributed by atoms with E-state index in [-0.39, 0.29) is 16.5 Å². The Bertz CT molecular complexity index is 634. The molecular formula is C10H11N3O3S. The van der Waals surface area contributed by atoms with Gasteiger partial charge in [-0.1, -0.05) is 6.07 Å². The van der Waals surface area contributed by atoms with Crippen molar-refractivity contribution in [1.82, 2.24) is 9.97 Å². The number of phenolic OH excluding ortho intramolecular Hbond substituents is 1. The van der Waals surface area contributed by atoms with E-state index < -0.39 is 10.0 Å². The molecule has 17 heavy (non-hydrogen) atoms. The third-order valence-electron chi connectivity index (χ3n) is 2.07. The summed E-state index contributed by atoms with van der Waals surface area (Å²) in [7, 11) is -3.69. The van der Waals surface area contributed by atoms with Gasteiger partial charge in [-0.05, 0) is 19.1 Å². The Balaban J connectivity index is 2.29. The number of benzene rings is 1. The molecule has 0 radical (unpaired) electrons. The predicted molar refractivity (Wildman–Crippen MR) is 62.2 cm³/mol. The number of nitrogens with one attached hydrogen (secondary N) is 2. The van der Waals surface area contributed by atoms with Crippen LogP contribution in [-0.2, 0) is 10.0 Å². The highest BCUT2D eigenvalue weighted by Gasteiger charge is 2.16. The van der Waals surface area contributed by atoms with Crippen LogP contribution in [-0.4, -0.2) is 23.5 Å². The maximum absolute atomic E-state index is 11.9. The molecule has 6 nitrogen and oxygen atoms in total. The number of phenols is 1. The summed E-state index contributed by atoms with van der Waals surface area (Å²) in [6.07, 6.45) is 1.24. The summed E-state index contributed by atoms with van der Waals surface area (Å²) >= 11 is 0. The molecular weight excluding hydrogens is 242 g/mol. The number of rotatable bonds is 3. The van der Waals surface area contributed by atoms with Crippen molar-refractivity contribution in [2.24, 2.45) is 0 Å². The Kier molecular flexibility index (Phi) is 2.76. The van der Waals surface area contributed by atoms with Crippen molar-refractivity contribution in [3.8, 4) is 5.75 Å². The first-order valence-electron chi connectivity index (χ1n) is 4.81. The molecule has 0 aliphatic heterocycles. The van der Waals surface area contributed by atoms with Crippen molar-refractivity contribution < 1.29 is 13.5 Å². The predicted octanol–water partition coefficient (Wildman–Crippen LogP) is 1.22. The number of aromatic amines is 1. The van der Waals surface area contributed by atoms with Crippen molar-refractivity contribution in [3.05, 3.63) is 36.3 Å². The molecule has 0 unspecified atom stereocenters. The van der Waals surface area contributed by atoms with Crippen LogP contribution in [0.2, 0.25) is 0 Å². The maximum atomic E-state index is 11.9. The number of aryl methyl sites for hydroxylation is 1. The number of sulfonamides is 1. The molecule has 0 aliphatic carbocycles. The van der Waals surface area contributed by atoms with Crippen molar-refractivity contribution in [2.45, 2.75) is 11.9 Å². The average Bonchev–Trinajstić information content (AvgIpc) is 2.65. The smallest absolute Gasteiger partial charge is 0.278 e. The molecule has 0 aliphatic rings. The molecule has 0 saturated carbocycles. The molecule has 90 valence electrons. The first-order valence-corrected chi connectivity index (χ1v) is 6.29. The van der Waals surface area contributed by atoms with E-state index in [1.54, 1.807) is 19.1 Å². The van der Waals surface area contributed by atoms with Gasteiger partial charge in [0.05, 0.1) is 11.9 Å². The minimum Gasteiger partial charge on any atom is -0.508 e. The van der Waals surface area contributed by atoms with Gasteiger partial charge in [-0.2, -0.15) is 8.42 Å². The van der Waals surface area contributed by atoms with Gasteiger partial charge in [-0.25, -0.2) is 4.98 Å². The number of anilines is 1. The number of H-pyrrole nitrogens is 1. The largest absolute Gasteiger partial charge is 0.508 e. The zero-order chi connectivity index (χ0) is 12.5. The van der Waals surface area contributed by atoms with Crippen LogP contribution in [0.1, 0.15) is 5.82 Å². The van der Waals surface area contributed by atoms with Crippen molar-refractivity contribution in [2.75, 3.05) is 4.72 Å². The molecule has 2 aromatic rings. The Morgan fingerprint density at radius 2 is 2.18 bits per heavy atom. The average molecular weight is 253 g/mol. The number of nitrogens with zero attached hydrogens (tertiary/aromatic N) is 1. The van der Waals surface area contributed by atoms with Gasteiger partial charge in [0.1, 0.15) is 11.6 Å². The van der Waals surface area contributed by atoms with Gasteiger partial charge in [0, 0.05) is 6.07 Å². The van der Waals surface area contributed by atoms with Crippen molar-refractivity contribution in [3.63, 3.8) is 0 Å².